The molecule has 5 heteroatoms. The number of aromatic hydroxyl groups is 3. The molecule has 0 bridgehead atoms. The minimum atomic E-state index is -0.394. The van der Waals surface area contributed by atoms with Gasteiger partial charge in [0.05, 0.1) is 0 Å². The van der Waals surface area contributed by atoms with Crippen LogP contribution in [-0.2, 0) is 11.2 Å². The van der Waals surface area contributed by atoms with Gasteiger partial charge >= 0.3 is 5.97 Å². The molecule has 0 saturated carbocycles. The number of phenols is 3. The highest BCUT2D eigenvalue weighted by Gasteiger charge is 2.15. The molecule has 2 rings (SSSR count). The third-order valence-corrected chi connectivity index (χ3v) is 3.83. The summed E-state index contributed by atoms with van der Waals surface area (Å²) in [5.74, 6) is -0.0561. The topological polar surface area (TPSA) is 87.0 Å². The zero-order valence-electron chi connectivity index (χ0n) is 14.0. The van der Waals surface area contributed by atoms with E-state index in [1.807, 2.05) is 13.8 Å². The van der Waals surface area contributed by atoms with E-state index in [0.717, 1.165) is 11.1 Å². The van der Waals surface area contributed by atoms with Crippen LogP contribution >= 0.6 is 0 Å². The lowest BCUT2D eigenvalue weighted by molar-refractivity contribution is -0.134. The summed E-state index contributed by atoms with van der Waals surface area (Å²) >= 11 is 0. The number of hydrogen-bond donors (Lipinski definition) is 3. The summed E-state index contributed by atoms with van der Waals surface area (Å²) in [5, 5.41) is 28.6. The lowest BCUT2D eigenvalue weighted by Crippen LogP contribution is -2.11. The molecule has 0 saturated heterocycles. The minimum absolute atomic E-state index is 0.105. The Kier molecular flexibility index (Phi) is 5.34. The summed E-state index contributed by atoms with van der Waals surface area (Å²) < 4.78 is 5.46. The van der Waals surface area contributed by atoms with Crippen molar-refractivity contribution < 1.29 is 24.9 Å². The number of esters is 1. The molecule has 0 aliphatic rings. The summed E-state index contributed by atoms with van der Waals surface area (Å²) in [6.45, 7) is 5.66. The largest absolute Gasteiger partial charge is 0.508 e. The Hall–Kier alpha value is -2.69. The van der Waals surface area contributed by atoms with Crippen LogP contribution in [0.25, 0.3) is 0 Å². The molecular weight excluding hydrogens is 308 g/mol. The van der Waals surface area contributed by atoms with Gasteiger partial charge in [0.15, 0.2) is 11.5 Å². The van der Waals surface area contributed by atoms with E-state index in [9.17, 15) is 20.1 Å². The fourth-order valence-corrected chi connectivity index (χ4v) is 2.37. The van der Waals surface area contributed by atoms with E-state index in [1.54, 1.807) is 25.1 Å². The van der Waals surface area contributed by atoms with Gasteiger partial charge in [-0.15, -0.1) is 0 Å². The van der Waals surface area contributed by atoms with Crippen molar-refractivity contribution in [3.8, 4) is 23.0 Å². The Morgan fingerprint density at radius 3 is 2.38 bits per heavy atom. The first-order valence-corrected chi connectivity index (χ1v) is 7.83. The number of hydrogen-bond acceptors (Lipinski definition) is 5. The quantitative estimate of drug-likeness (QED) is 0.441. The monoisotopic (exact) mass is 330 g/mol. The number of benzene rings is 2. The fraction of sp³-hybridized carbons (Fsp3) is 0.316. The predicted octanol–water partition coefficient (Wildman–Crippen LogP) is 3.77. The molecule has 0 radical (unpaired) electrons. The fourth-order valence-electron chi connectivity index (χ4n) is 2.37. The van der Waals surface area contributed by atoms with E-state index < -0.39 is 5.97 Å². The SMILES string of the molecule is Cc1cc(OC(=O)CCc2ccc(O)c(O)c2)c(C(C)C)cc1O. The van der Waals surface area contributed by atoms with Crippen LogP contribution in [0.1, 0.15) is 42.9 Å². The average Bonchev–Trinajstić information content (AvgIpc) is 2.51. The average molecular weight is 330 g/mol. The molecule has 0 aromatic heterocycles. The molecule has 2 aromatic carbocycles. The van der Waals surface area contributed by atoms with Crippen molar-refractivity contribution >= 4 is 5.97 Å². The molecular formula is C19H22O5. The first-order valence-electron chi connectivity index (χ1n) is 7.83. The van der Waals surface area contributed by atoms with Crippen molar-refractivity contribution in [3.63, 3.8) is 0 Å². The summed E-state index contributed by atoms with van der Waals surface area (Å²) in [5.41, 5.74) is 2.15. The molecule has 24 heavy (non-hydrogen) atoms. The highest BCUT2D eigenvalue weighted by molar-refractivity contribution is 5.73. The second-order valence-electron chi connectivity index (χ2n) is 6.13. The van der Waals surface area contributed by atoms with Crippen LogP contribution in [0.5, 0.6) is 23.0 Å². The highest BCUT2D eigenvalue weighted by atomic mass is 16.5. The third kappa shape index (κ3) is 4.19. The van der Waals surface area contributed by atoms with Gasteiger partial charge in [-0.1, -0.05) is 19.9 Å². The van der Waals surface area contributed by atoms with E-state index in [0.29, 0.717) is 17.7 Å². The van der Waals surface area contributed by atoms with Crippen molar-refractivity contribution in [1.82, 2.24) is 0 Å². The molecule has 0 atom stereocenters. The maximum atomic E-state index is 12.1. The highest BCUT2D eigenvalue weighted by Crippen LogP contribution is 2.33. The van der Waals surface area contributed by atoms with Gasteiger partial charge in [-0.2, -0.15) is 0 Å². The van der Waals surface area contributed by atoms with E-state index in [1.165, 1.54) is 12.1 Å². The van der Waals surface area contributed by atoms with E-state index >= 15 is 0 Å². The molecule has 3 N–H and O–H groups in total. The van der Waals surface area contributed by atoms with E-state index in [4.69, 9.17) is 4.74 Å². The molecule has 0 amide bonds. The summed E-state index contributed by atoms with van der Waals surface area (Å²) in [6, 6.07) is 7.74. The van der Waals surface area contributed by atoms with Gasteiger partial charge in [-0.25, -0.2) is 0 Å². The van der Waals surface area contributed by atoms with Crippen LogP contribution in [0.3, 0.4) is 0 Å². The number of aryl methyl sites for hydroxylation is 2. The Balaban J connectivity index is 2.07. The first kappa shape index (κ1) is 17.7. The van der Waals surface area contributed by atoms with Crippen molar-refractivity contribution in [1.29, 1.82) is 0 Å². The van der Waals surface area contributed by atoms with Gasteiger partial charge in [0, 0.05) is 12.0 Å². The number of rotatable bonds is 5. The number of ether oxygens (including phenoxy) is 1. The Morgan fingerprint density at radius 1 is 1.04 bits per heavy atom. The third-order valence-electron chi connectivity index (χ3n) is 3.83. The molecule has 0 unspecified atom stereocenters. The number of carbonyl (C=O) groups excluding carboxylic acids is 1. The van der Waals surface area contributed by atoms with Crippen LogP contribution < -0.4 is 4.74 Å². The number of carbonyl (C=O) groups is 1. The lowest BCUT2D eigenvalue weighted by atomic mass is 10.00. The molecule has 2 aromatic rings. The van der Waals surface area contributed by atoms with Gasteiger partial charge in [0.1, 0.15) is 11.5 Å². The van der Waals surface area contributed by atoms with Crippen LogP contribution in [0.2, 0.25) is 0 Å². The van der Waals surface area contributed by atoms with Crippen LogP contribution in [-0.4, -0.2) is 21.3 Å². The number of phenolic OH excluding ortho intramolecular Hbond substituents is 3. The second-order valence-corrected chi connectivity index (χ2v) is 6.13. The molecule has 5 nitrogen and oxygen atoms in total. The zero-order valence-corrected chi connectivity index (χ0v) is 14.0. The van der Waals surface area contributed by atoms with Gasteiger partial charge in [0.25, 0.3) is 0 Å². The summed E-state index contributed by atoms with van der Waals surface area (Å²) in [6.07, 6.45) is 0.530. The van der Waals surface area contributed by atoms with Gasteiger partial charge in [-0.3, -0.25) is 4.79 Å². The molecule has 0 aliphatic heterocycles. The Morgan fingerprint density at radius 2 is 1.75 bits per heavy atom. The standard InChI is InChI=1S/C19H22O5/c1-11(2)14-10-16(21)12(3)8-18(14)24-19(23)7-5-13-4-6-15(20)17(22)9-13/h4,6,8-11,20-22H,5,7H2,1-3H3. The van der Waals surface area contributed by atoms with E-state index in [2.05, 4.69) is 0 Å². The molecule has 128 valence electrons. The molecule has 0 aliphatic carbocycles. The van der Waals surface area contributed by atoms with Crippen LogP contribution in [0, 0.1) is 6.92 Å². The maximum absolute atomic E-state index is 12.1. The van der Waals surface area contributed by atoms with Crippen molar-refractivity contribution in [2.24, 2.45) is 0 Å². The summed E-state index contributed by atoms with van der Waals surface area (Å²) in [7, 11) is 0. The first-order chi connectivity index (χ1) is 11.3. The lowest BCUT2D eigenvalue weighted by Gasteiger charge is -2.15. The smallest absolute Gasteiger partial charge is 0.311 e. The van der Waals surface area contributed by atoms with Crippen LogP contribution in [0.4, 0.5) is 0 Å². The van der Waals surface area contributed by atoms with Crippen LogP contribution in [0.15, 0.2) is 30.3 Å². The van der Waals surface area contributed by atoms with Gasteiger partial charge < -0.3 is 20.1 Å². The van der Waals surface area contributed by atoms with Crippen molar-refractivity contribution in [2.45, 2.75) is 39.5 Å². The Labute approximate surface area is 141 Å². The van der Waals surface area contributed by atoms with Crippen molar-refractivity contribution in [2.75, 3.05) is 0 Å². The second kappa shape index (κ2) is 7.25. The van der Waals surface area contributed by atoms with Gasteiger partial charge in [0.2, 0.25) is 0 Å². The predicted molar refractivity (Wildman–Crippen MR) is 90.7 cm³/mol. The molecule has 0 heterocycles. The van der Waals surface area contributed by atoms with Gasteiger partial charge in [-0.05, 0) is 54.7 Å². The normalized spacial score (nSPS) is 10.8. The minimum Gasteiger partial charge on any atom is -0.508 e. The zero-order chi connectivity index (χ0) is 17.9. The molecule has 0 fully saturated rings. The van der Waals surface area contributed by atoms with Crippen molar-refractivity contribution in [3.05, 3.63) is 47.0 Å². The van der Waals surface area contributed by atoms with E-state index in [-0.39, 0.29) is 29.6 Å². The maximum Gasteiger partial charge on any atom is 0.311 e. The Bertz CT molecular complexity index is 750. The summed E-state index contributed by atoms with van der Waals surface area (Å²) in [4.78, 5) is 12.1. The molecule has 0 spiro atoms.